The lowest BCUT2D eigenvalue weighted by Crippen LogP contribution is -2.34. The zero-order chi connectivity index (χ0) is 10.1. The molecule has 0 aromatic rings. The molecule has 0 rings (SSSR count). The Morgan fingerprint density at radius 3 is 2.54 bits per heavy atom. The molecule has 0 heterocycles. The summed E-state index contributed by atoms with van der Waals surface area (Å²) in [7, 11) is 2.93. The monoisotopic (exact) mass is 193 g/mol. The van der Waals surface area contributed by atoms with E-state index in [0.717, 1.165) is 0 Å². The molecule has 0 spiro atoms. The summed E-state index contributed by atoms with van der Waals surface area (Å²) in [5, 5.41) is 10.7. The van der Waals surface area contributed by atoms with E-state index in [0.29, 0.717) is 0 Å². The van der Waals surface area contributed by atoms with Crippen LogP contribution in [0.3, 0.4) is 0 Å². The summed E-state index contributed by atoms with van der Waals surface area (Å²) in [5.74, 6) is 0. The van der Waals surface area contributed by atoms with Crippen LogP contribution in [0.15, 0.2) is 0 Å². The van der Waals surface area contributed by atoms with Crippen LogP contribution >= 0.6 is 0 Å². The van der Waals surface area contributed by atoms with Gasteiger partial charge in [0.25, 0.3) is 0 Å². The van der Waals surface area contributed by atoms with E-state index in [1.165, 1.54) is 14.2 Å². The van der Waals surface area contributed by atoms with Gasteiger partial charge in [-0.05, 0) is 0 Å². The number of aliphatic hydroxyl groups is 1. The van der Waals surface area contributed by atoms with Gasteiger partial charge in [-0.2, -0.15) is 0 Å². The smallest absolute Gasteiger partial charge is 0.407 e. The lowest BCUT2D eigenvalue weighted by Gasteiger charge is -2.13. The van der Waals surface area contributed by atoms with Gasteiger partial charge in [-0.15, -0.1) is 0 Å². The highest BCUT2D eigenvalue weighted by molar-refractivity contribution is 5.67. The third-order valence-corrected chi connectivity index (χ3v) is 1.26. The van der Waals surface area contributed by atoms with Crippen molar-refractivity contribution in [2.75, 3.05) is 34.0 Å². The molecule has 13 heavy (non-hydrogen) atoms. The minimum Gasteiger partial charge on any atom is -0.447 e. The summed E-state index contributed by atoms with van der Waals surface area (Å²) >= 11 is 0. The van der Waals surface area contributed by atoms with Gasteiger partial charge < -0.3 is 24.6 Å². The second-order valence-electron chi connectivity index (χ2n) is 2.14. The van der Waals surface area contributed by atoms with Gasteiger partial charge in [0, 0.05) is 14.2 Å². The first kappa shape index (κ1) is 12.2. The maximum atomic E-state index is 10.8. The van der Waals surface area contributed by atoms with Gasteiger partial charge in [0.05, 0.1) is 13.2 Å². The third kappa shape index (κ3) is 6.32. The van der Waals surface area contributed by atoms with Crippen molar-refractivity contribution in [3.8, 4) is 0 Å². The Hall–Kier alpha value is -0.850. The molecule has 1 amide bonds. The van der Waals surface area contributed by atoms with Crippen molar-refractivity contribution in [3.63, 3.8) is 0 Å². The van der Waals surface area contributed by atoms with Crippen LogP contribution < -0.4 is 5.32 Å². The molecule has 0 atom stereocenters. The molecule has 0 bridgehead atoms. The Kier molecular flexibility index (Phi) is 7.27. The minimum atomic E-state index is -0.604. The first-order valence-electron chi connectivity index (χ1n) is 3.81. The normalized spacial score (nSPS) is 10.2. The summed E-state index contributed by atoms with van der Waals surface area (Å²) in [6, 6.07) is 0. The lowest BCUT2D eigenvalue weighted by atomic mass is 10.6. The molecular formula is C7H15NO5. The summed E-state index contributed by atoms with van der Waals surface area (Å²) < 4.78 is 14.1. The number of methoxy groups -OCH3 is 2. The number of aliphatic hydroxyl groups excluding tert-OH is 1. The van der Waals surface area contributed by atoms with Crippen molar-refractivity contribution >= 4 is 6.09 Å². The summed E-state index contributed by atoms with van der Waals surface area (Å²) in [5.41, 5.74) is 0. The molecule has 0 radical (unpaired) electrons. The van der Waals surface area contributed by atoms with Crippen LogP contribution in [0.1, 0.15) is 0 Å². The lowest BCUT2D eigenvalue weighted by molar-refractivity contribution is -0.0980. The fraction of sp³-hybridized carbons (Fsp3) is 0.857. The highest BCUT2D eigenvalue weighted by atomic mass is 16.7. The topological polar surface area (TPSA) is 77.0 Å². The van der Waals surface area contributed by atoms with Crippen molar-refractivity contribution in [3.05, 3.63) is 0 Å². The second kappa shape index (κ2) is 7.78. The number of hydrogen-bond donors (Lipinski definition) is 2. The number of nitrogens with one attached hydrogen (secondary N) is 1. The Labute approximate surface area is 76.8 Å². The van der Waals surface area contributed by atoms with Crippen molar-refractivity contribution in [1.82, 2.24) is 5.32 Å². The predicted octanol–water partition coefficient (Wildman–Crippen LogP) is -0.676. The number of amides is 1. The number of alkyl carbamates (subject to hydrolysis) is 1. The van der Waals surface area contributed by atoms with Crippen molar-refractivity contribution < 1.29 is 24.1 Å². The van der Waals surface area contributed by atoms with Gasteiger partial charge in [0.2, 0.25) is 0 Å². The van der Waals surface area contributed by atoms with Crippen LogP contribution in [-0.4, -0.2) is 51.5 Å². The largest absolute Gasteiger partial charge is 0.447 e. The maximum Gasteiger partial charge on any atom is 0.407 e. The molecule has 0 saturated heterocycles. The van der Waals surface area contributed by atoms with Gasteiger partial charge in [0.15, 0.2) is 6.29 Å². The highest BCUT2D eigenvalue weighted by Gasteiger charge is 2.07. The fourth-order valence-corrected chi connectivity index (χ4v) is 0.619. The molecule has 0 aliphatic heterocycles. The number of carbonyl (C=O) groups excluding carboxylic acids is 1. The van der Waals surface area contributed by atoms with Crippen LogP contribution in [0, 0.1) is 0 Å². The van der Waals surface area contributed by atoms with Crippen LogP contribution in [0.5, 0.6) is 0 Å². The Morgan fingerprint density at radius 1 is 1.46 bits per heavy atom. The van der Waals surface area contributed by atoms with E-state index < -0.39 is 12.4 Å². The van der Waals surface area contributed by atoms with Crippen molar-refractivity contribution in [2.45, 2.75) is 6.29 Å². The van der Waals surface area contributed by atoms with E-state index in [2.05, 4.69) is 10.1 Å². The highest BCUT2D eigenvalue weighted by Crippen LogP contribution is 1.88. The molecule has 0 unspecified atom stereocenters. The SMILES string of the molecule is COC(CNC(=O)OCCO)OC. The second-order valence-corrected chi connectivity index (χ2v) is 2.14. The van der Waals surface area contributed by atoms with E-state index in [1.807, 2.05) is 0 Å². The van der Waals surface area contributed by atoms with E-state index in [1.54, 1.807) is 0 Å². The Balaban J connectivity index is 3.44. The van der Waals surface area contributed by atoms with Crippen LogP contribution in [0.2, 0.25) is 0 Å². The third-order valence-electron chi connectivity index (χ3n) is 1.26. The molecule has 0 fully saturated rings. The summed E-state index contributed by atoms with van der Waals surface area (Å²) in [4.78, 5) is 10.8. The van der Waals surface area contributed by atoms with E-state index in [-0.39, 0.29) is 19.8 Å². The summed E-state index contributed by atoms with van der Waals surface area (Å²) in [6.07, 6.45) is -1.09. The Bertz CT molecular complexity index is 137. The number of hydrogen-bond acceptors (Lipinski definition) is 5. The quantitative estimate of drug-likeness (QED) is 0.547. The molecule has 2 N–H and O–H groups in total. The van der Waals surface area contributed by atoms with Crippen LogP contribution in [0.4, 0.5) is 4.79 Å². The molecule has 0 aromatic carbocycles. The maximum absolute atomic E-state index is 10.8. The van der Waals surface area contributed by atoms with Gasteiger partial charge >= 0.3 is 6.09 Å². The van der Waals surface area contributed by atoms with E-state index in [9.17, 15) is 4.79 Å². The first-order valence-corrected chi connectivity index (χ1v) is 3.81. The molecule has 0 aromatic heterocycles. The van der Waals surface area contributed by atoms with Gasteiger partial charge in [-0.1, -0.05) is 0 Å². The molecule has 6 heteroatoms. The molecule has 0 saturated carbocycles. The van der Waals surface area contributed by atoms with Gasteiger partial charge in [-0.3, -0.25) is 0 Å². The Morgan fingerprint density at radius 2 is 2.08 bits per heavy atom. The van der Waals surface area contributed by atoms with Crippen molar-refractivity contribution in [1.29, 1.82) is 0 Å². The van der Waals surface area contributed by atoms with Gasteiger partial charge in [0.1, 0.15) is 6.61 Å². The number of rotatable bonds is 6. The minimum absolute atomic E-state index is 0.0174. The van der Waals surface area contributed by atoms with Gasteiger partial charge in [-0.25, -0.2) is 4.79 Å². The molecule has 0 aliphatic rings. The standard InChI is InChI=1S/C7H15NO5/c1-11-6(12-2)5-8-7(10)13-4-3-9/h6,9H,3-5H2,1-2H3,(H,8,10). The van der Waals surface area contributed by atoms with Crippen LogP contribution in [-0.2, 0) is 14.2 Å². The zero-order valence-corrected chi connectivity index (χ0v) is 7.78. The average molecular weight is 193 g/mol. The number of ether oxygens (including phenoxy) is 3. The molecule has 6 nitrogen and oxygen atoms in total. The van der Waals surface area contributed by atoms with E-state index in [4.69, 9.17) is 14.6 Å². The zero-order valence-electron chi connectivity index (χ0n) is 7.78. The average Bonchev–Trinajstić information content (AvgIpc) is 2.16. The van der Waals surface area contributed by atoms with E-state index >= 15 is 0 Å². The predicted molar refractivity (Wildman–Crippen MR) is 44.2 cm³/mol. The first-order chi connectivity index (χ1) is 6.24. The summed E-state index contributed by atoms with van der Waals surface area (Å²) in [6.45, 7) is -0.000863. The molecule has 78 valence electrons. The molecular weight excluding hydrogens is 178 g/mol. The molecule has 0 aliphatic carbocycles. The number of carbonyl (C=O) groups is 1. The van der Waals surface area contributed by atoms with Crippen LogP contribution in [0.25, 0.3) is 0 Å². The fourth-order valence-electron chi connectivity index (χ4n) is 0.619. The van der Waals surface area contributed by atoms with Crippen molar-refractivity contribution in [2.24, 2.45) is 0 Å².